The Morgan fingerprint density at radius 3 is 2.70 bits per heavy atom. The molecule has 0 aliphatic rings. The number of aromatic amines is 1. The number of benzene rings is 2. The SMILES string of the molecule is CN(C)CCc1cccc(-c2cccc3[nH]ccc23)c1. The van der Waals surface area contributed by atoms with E-state index in [0.29, 0.717) is 0 Å². The summed E-state index contributed by atoms with van der Waals surface area (Å²) in [6.07, 6.45) is 3.09. The van der Waals surface area contributed by atoms with Crippen LogP contribution in [0.1, 0.15) is 5.56 Å². The highest BCUT2D eigenvalue weighted by Gasteiger charge is 2.05. The lowest BCUT2D eigenvalue weighted by Crippen LogP contribution is -2.14. The fraction of sp³-hybridized carbons (Fsp3) is 0.222. The standard InChI is InChI=1S/C18H20N2/c1-20(2)12-10-14-5-3-6-15(13-14)16-7-4-8-18-17(16)9-11-19-18/h3-9,11,13,19H,10,12H2,1-2H3. The Kier molecular flexibility index (Phi) is 3.57. The normalized spacial score (nSPS) is 11.3. The van der Waals surface area contributed by atoms with Gasteiger partial charge in [-0.15, -0.1) is 0 Å². The van der Waals surface area contributed by atoms with Crippen molar-refractivity contribution in [3.8, 4) is 11.1 Å². The van der Waals surface area contributed by atoms with Gasteiger partial charge in [-0.05, 0) is 49.3 Å². The molecule has 1 heterocycles. The number of hydrogen-bond acceptors (Lipinski definition) is 1. The highest BCUT2D eigenvalue weighted by molar-refractivity contribution is 5.95. The van der Waals surface area contributed by atoms with Gasteiger partial charge in [-0.3, -0.25) is 0 Å². The Morgan fingerprint density at radius 2 is 1.85 bits per heavy atom. The number of H-pyrrole nitrogens is 1. The molecule has 0 saturated heterocycles. The smallest absolute Gasteiger partial charge is 0.0460 e. The van der Waals surface area contributed by atoms with Crippen LogP contribution in [0.3, 0.4) is 0 Å². The molecule has 0 amide bonds. The predicted molar refractivity (Wildman–Crippen MR) is 86.0 cm³/mol. The Morgan fingerprint density at radius 1 is 1.00 bits per heavy atom. The quantitative estimate of drug-likeness (QED) is 0.756. The number of nitrogens with zero attached hydrogens (tertiary/aromatic N) is 1. The molecule has 2 aromatic carbocycles. The highest BCUT2D eigenvalue weighted by Crippen LogP contribution is 2.28. The fourth-order valence-electron chi connectivity index (χ4n) is 2.58. The van der Waals surface area contributed by atoms with Gasteiger partial charge >= 0.3 is 0 Å². The minimum absolute atomic E-state index is 1.08. The van der Waals surface area contributed by atoms with E-state index in [1.165, 1.54) is 27.6 Å². The molecule has 3 aromatic rings. The Bertz CT molecular complexity index is 710. The Hall–Kier alpha value is -2.06. The number of aromatic nitrogens is 1. The van der Waals surface area contributed by atoms with Crippen molar-refractivity contribution in [2.45, 2.75) is 6.42 Å². The van der Waals surface area contributed by atoms with Crippen molar-refractivity contribution in [1.29, 1.82) is 0 Å². The van der Waals surface area contributed by atoms with Crippen molar-refractivity contribution in [2.24, 2.45) is 0 Å². The molecule has 0 saturated carbocycles. The van der Waals surface area contributed by atoms with Gasteiger partial charge in [-0.1, -0.05) is 36.4 Å². The van der Waals surface area contributed by atoms with Gasteiger partial charge in [0.2, 0.25) is 0 Å². The third-order valence-electron chi connectivity index (χ3n) is 3.68. The largest absolute Gasteiger partial charge is 0.361 e. The van der Waals surface area contributed by atoms with Gasteiger partial charge in [-0.2, -0.15) is 0 Å². The molecule has 3 rings (SSSR count). The van der Waals surface area contributed by atoms with Crippen molar-refractivity contribution in [2.75, 3.05) is 20.6 Å². The van der Waals surface area contributed by atoms with Crippen LogP contribution < -0.4 is 0 Å². The fourth-order valence-corrected chi connectivity index (χ4v) is 2.58. The molecule has 0 fully saturated rings. The number of nitrogens with one attached hydrogen (secondary N) is 1. The first kappa shape index (κ1) is 12.9. The zero-order chi connectivity index (χ0) is 13.9. The van der Waals surface area contributed by atoms with Crippen LogP contribution in [0.2, 0.25) is 0 Å². The molecule has 1 N–H and O–H groups in total. The Labute approximate surface area is 120 Å². The number of likely N-dealkylation sites (N-methyl/N-ethyl adjacent to an activating group) is 1. The Balaban J connectivity index is 1.97. The number of rotatable bonds is 4. The van der Waals surface area contributed by atoms with E-state index in [9.17, 15) is 0 Å². The summed E-state index contributed by atoms with van der Waals surface area (Å²) in [5.41, 5.74) is 5.19. The van der Waals surface area contributed by atoms with Crippen LogP contribution in [-0.2, 0) is 6.42 Å². The highest BCUT2D eigenvalue weighted by atomic mass is 15.0. The maximum atomic E-state index is 3.28. The van der Waals surface area contributed by atoms with Crippen LogP contribution in [0.4, 0.5) is 0 Å². The van der Waals surface area contributed by atoms with Crippen molar-refractivity contribution >= 4 is 10.9 Å². The second-order valence-electron chi connectivity index (χ2n) is 5.50. The molecule has 102 valence electrons. The first-order valence-electron chi connectivity index (χ1n) is 7.04. The van der Waals surface area contributed by atoms with Crippen LogP contribution in [0.15, 0.2) is 54.7 Å². The summed E-state index contributed by atoms with van der Waals surface area (Å²) in [5, 5.41) is 1.29. The molecule has 0 bridgehead atoms. The van der Waals surface area contributed by atoms with Crippen LogP contribution >= 0.6 is 0 Å². The lowest BCUT2D eigenvalue weighted by atomic mass is 9.99. The number of fused-ring (bicyclic) bond motifs is 1. The van der Waals surface area contributed by atoms with E-state index < -0.39 is 0 Å². The van der Waals surface area contributed by atoms with Gasteiger partial charge in [0.25, 0.3) is 0 Å². The maximum Gasteiger partial charge on any atom is 0.0460 e. The molecule has 0 aliphatic carbocycles. The van der Waals surface area contributed by atoms with Gasteiger partial charge in [0.05, 0.1) is 0 Å². The van der Waals surface area contributed by atoms with Gasteiger partial charge in [0.15, 0.2) is 0 Å². The van der Waals surface area contributed by atoms with Crippen molar-refractivity contribution < 1.29 is 0 Å². The zero-order valence-corrected chi connectivity index (χ0v) is 12.1. The van der Waals surface area contributed by atoms with Crippen LogP contribution in [0, 0.1) is 0 Å². The van der Waals surface area contributed by atoms with E-state index in [4.69, 9.17) is 0 Å². The molecular formula is C18H20N2. The second-order valence-corrected chi connectivity index (χ2v) is 5.50. The molecule has 2 heteroatoms. The second kappa shape index (κ2) is 5.51. The summed E-state index contributed by atoms with van der Waals surface area (Å²) >= 11 is 0. The summed E-state index contributed by atoms with van der Waals surface area (Å²) in [5.74, 6) is 0. The topological polar surface area (TPSA) is 19.0 Å². The molecule has 20 heavy (non-hydrogen) atoms. The van der Waals surface area contributed by atoms with E-state index in [-0.39, 0.29) is 0 Å². The minimum Gasteiger partial charge on any atom is -0.361 e. The first-order valence-corrected chi connectivity index (χ1v) is 7.04. The summed E-state index contributed by atoms with van der Waals surface area (Å²) in [6.45, 7) is 1.08. The van der Waals surface area contributed by atoms with Gasteiger partial charge in [0, 0.05) is 23.6 Å². The predicted octanol–water partition coefficient (Wildman–Crippen LogP) is 3.94. The molecule has 0 aliphatic heterocycles. The van der Waals surface area contributed by atoms with E-state index in [1.807, 2.05) is 6.20 Å². The van der Waals surface area contributed by atoms with Crippen molar-refractivity contribution in [3.63, 3.8) is 0 Å². The maximum absolute atomic E-state index is 3.28. The van der Waals surface area contributed by atoms with E-state index in [1.54, 1.807) is 0 Å². The van der Waals surface area contributed by atoms with Crippen molar-refractivity contribution in [3.05, 3.63) is 60.3 Å². The van der Waals surface area contributed by atoms with Gasteiger partial charge in [0.1, 0.15) is 0 Å². The molecular weight excluding hydrogens is 244 g/mol. The van der Waals surface area contributed by atoms with Gasteiger partial charge < -0.3 is 9.88 Å². The molecule has 0 atom stereocenters. The summed E-state index contributed by atoms with van der Waals surface area (Å²) in [4.78, 5) is 5.50. The first-order chi connectivity index (χ1) is 9.74. The average molecular weight is 264 g/mol. The minimum atomic E-state index is 1.08. The van der Waals surface area contributed by atoms with Crippen LogP contribution in [0.25, 0.3) is 22.0 Å². The monoisotopic (exact) mass is 264 g/mol. The molecule has 1 aromatic heterocycles. The molecule has 0 unspecified atom stereocenters. The van der Waals surface area contributed by atoms with Crippen LogP contribution in [0.5, 0.6) is 0 Å². The lowest BCUT2D eigenvalue weighted by Gasteiger charge is -2.11. The number of hydrogen-bond donors (Lipinski definition) is 1. The summed E-state index contributed by atoms with van der Waals surface area (Å²) in [7, 11) is 4.23. The third kappa shape index (κ3) is 2.61. The summed E-state index contributed by atoms with van der Waals surface area (Å²) < 4.78 is 0. The van der Waals surface area contributed by atoms with Gasteiger partial charge in [-0.25, -0.2) is 0 Å². The molecule has 0 radical (unpaired) electrons. The summed E-state index contributed by atoms with van der Waals surface area (Å²) in [6, 6.07) is 17.5. The van der Waals surface area contributed by atoms with Crippen molar-refractivity contribution in [1.82, 2.24) is 9.88 Å². The third-order valence-corrected chi connectivity index (χ3v) is 3.68. The van der Waals surface area contributed by atoms with Crippen LogP contribution in [-0.4, -0.2) is 30.5 Å². The van der Waals surface area contributed by atoms with E-state index in [2.05, 4.69) is 72.5 Å². The molecule has 2 nitrogen and oxygen atoms in total. The zero-order valence-electron chi connectivity index (χ0n) is 12.1. The average Bonchev–Trinajstić information content (AvgIpc) is 2.93. The lowest BCUT2D eigenvalue weighted by molar-refractivity contribution is 0.413. The molecule has 0 spiro atoms. The van der Waals surface area contributed by atoms with E-state index in [0.717, 1.165) is 13.0 Å². The van der Waals surface area contributed by atoms with E-state index >= 15 is 0 Å².